The van der Waals surface area contributed by atoms with Gasteiger partial charge in [-0.1, -0.05) is 6.07 Å². The Hall–Kier alpha value is -1.63. The first-order valence-corrected chi connectivity index (χ1v) is 5.78. The van der Waals surface area contributed by atoms with Crippen LogP contribution in [-0.2, 0) is 14.8 Å². The highest BCUT2D eigenvalue weighted by molar-refractivity contribution is 7.92. The second-order valence-corrected chi connectivity index (χ2v) is 4.62. The molecule has 1 aromatic rings. The third-order valence-electron chi connectivity index (χ3n) is 1.51. The lowest BCUT2D eigenvalue weighted by atomic mass is 10.5. The number of sulfonamides is 1. The van der Waals surface area contributed by atoms with Crippen LogP contribution in [0.4, 0.5) is 5.82 Å². The summed E-state index contributed by atoms with van der Waals surface area (Å²) in [6.07, 6.45) is 1.01. The molecule has 0 aliphatic rings. The molecular formula is C8H10N2O4S. The van der Waals surface area contributed by atoms with Crippen molar-refractivity contribution < 1.29 is 18.3 Å². The smallest absolute Gasteiger partial charge is 0.304 e. The lowest BCUT2D eigenvalue weighted by Gasteiger charge is -2.04. The molecule has 1 rings (SSSR count). The van der Waals surface area contributed by atoms with E-state index in [0.29, 0.717) is 0 Å². The van der Waals surface area contributed by atoms with Crippen LogP contribution in [0.1, 0.15) is 6.42 Å². The summed E-state index contributed by atoms with van der Waals surface area (Å²) in [7, 11) is -3.62. The number of pyridine rings is 1. The normalized spacial score (nSPS) is 10.9. The summed E-state index contributed by atoms with van der Waals surface area (Å²) in [6, 6.07) is 4.76. The first kappa shape index (κ1) is 11.4. The van der Waals surface area contributed by atoms with Crippen molar-refractivity contribution in [3.05, 3.63) is 24.4 Å². The number of carboxylic acids is 1. The molecule has 0 aliphatic heterocycles. The number of nitrogens with one attached hydrogen (secondary N) is 1. The van der Waals surface area contributed by atoms with E-state index in [-0.39, 0.29) is 5.82 Å². The molecule has 6 nitrogen and oxygen atoms in total. The van der Waals surface area contributed by atoms with Crippen molar-refractivity contribution >= 4 is 21.8 Å². The molecule has 1 aromatic heterocycles. The molecule has 82 valence electrons. The number of nitrogens with zero attached hydrogens (tertiary/aromatic N) is 1. The molecule has 15 heavy (non-hydrogen) atoms. The summed E-state index contributed by atoms with van der Waals surface area (Å²) < 4.78 is 24.8. The van der Waals surface area contributed by atoms with E-state index in [4.69, 9.17) is 5.11 Å². The Morgan fingerprint density at radius 2 is 2.20 bits per heavy atom. The maximum absolute atomic E-state index is 11.3. The van der Waals surface area contributed by atoms with E-state index in [1.807, 2.05) is 0 Å². The van der Waals surface area contributed by atoms with Crippen LogP contribution in [0.15, 0.2) is 24.4 Å². The molecule has 0 radical (unpaired) electrons. The summed E-state index contributed by atoms with van der Waals surface area (Å²) in [5.74, 6) is -1.43. The molecule has 0 atom stereocenters. The van der Waals surface area contributed by atoms with Gasteiger partial charge in [0.1, 0.15) is 5.82 Å². The monoisotopic (exact) mass is 230 g/mol. The molecule has 0 spiro atoms. The van der Waals surface area contributed by atoms with E-state index in [9.17, 15) is 13.2 Å². The Morgan fingerprint density at radius 1 is 1.47 bits per heavy atom. The molecule has 0 bridgehead atoms. The topological polar surface area (TPSA) is 96.4 Å². The maximum Gasteiger partial charge on any atom is 0.304 e. The Labute approximate surface area is 87.0 Å². The van der Waals surface area contributed by atoms with Crippen LogP contribution in [0.3, 0.4) is 0 Å². The van der Waals surface area contributed by atoms with Crippen molar-refractivity contribution in [2.45, 2.75) is 6.42 Å². The van der Waals surface area contributed by atoms with Crippen molar-refractivity contribution in [3.63, 3.8) is 0 Å². The fraction of sp³-hybridized carbons (Fsp3) is 0.250. The first-order valence-electron chi connectivity index (χ1n) is 4.13. The van der Waals surface area contributed by atoms with Gasteiger partial charge in [-0.25, -0.2) is 13.4 Å². The SMILES string of the molecule is O=C(O)CCS(=O)(=O)Nc1ccccn1. The van der Waals surface area contributed by atoms with Gasteiger partial charge in [-0.15, -0.1) is 0 Å². The van der Waals surface area contributed by atoms with Gasteiger partial charge in [0.25, 0.3) is 0 Å². The minimum absolute atomic E-state index is 0.183. The van der Waals surface area contributed by atoms with E-state index < -0.39 is 28.2 Å². The van der Waals surface area contributed by atoms with Crippen LogP contribution in [0.25, 0.3) is 0 Å². The van der Waals surface area contributed by atoms with Crippen molar-refractivity contribution in [1.82, 2.24) is 4.98 Å². The minimum Gasteiger partial charge on any atom is -0.481 e. The molecule has 2 N–H and O–H groups in total. The van der Waals surface area contributed by atoms with Crippen LogP contribution in [0.2, 0.25) is 0 Å². The lowest BCUT2D eigenvalue weighted by Crippen LogP contribution is -2.19. The summed E-state index contributed by atoms with van der Waals surface area (Å²) in [5, 5.41) is 8.34. The van der Waals surface area contributed by atoms with Gasteiger partial charge in [-0.3, -0.25) is 9.52 Å². The van der Waals surface area contributed by atoms with E-state index in [1.54, 1.807) is 12.1 Å². The van der Waals surface area contributed by atoms with Crippen LogP contribution in [0, 0.1) is 0 Å². The standard InChI is InChI=1S/C8H10N2O4S/c11-8(12)4-6-15(13,14)10-7-3-1-2-5-9-7/h1-3,5H,4,6H2,(H,9,10)(H,11,12). The highest BCUT2D eigenvalue weighted by Crippen LogP contribution is 2.04. The Kier molecular flexibility index (Phi) is 3.62. The van der Waals surface area contributed by atoms with E-state index >= 15 is 0 Å². The summed E-state index contributed by atoms with van der Waals surface area (Å²) in [4.78, 5) is 13.9. The average Bonchev–Trinajstić information content (AvgIpc) is 2.16. The molecule has 7 heteroatoms. The molecule has 0 unspecified atom stereocenters. The fourth-order valence-corrected chi connectivity index (χ4v) is 1.84. The first-order chi connectivity index (χ1) is 6.99. The molecule has 0 saturated carbocycles. The highest BCUT2D eigenvalue weighted by atomic mass is 32.2. The zero-order chi connectivity index (χ0) is 11.3. The molecular weight excluding hydrogens is 220 g/mol. The molecule has 0 amide bonds. The van der Waals surface area contributed by atoms with Crippen LogP contribution < -0.4 is 4.72 Å². The average molecular weight is 230 g/mol. The molecule has 0 saturated heterocycles. The van der Waals surface area contributed by atoms with E-state index in [2.05, 4.69) is 9.71 Å². The second-order valence-electron chi connectivity index (χ2n) is 2.78. The Morgan fingerprint density at radius 3 is 2.73 bits per heavy atom. The van der Waals surface area contributed by atoms with Crippen molar-refractivity contribution in [2.75, 3.05) is 10.5 Å². The number of anilines is 1. The molecule has 1 heterocycles. The summed E-state index contributed by atoms with van der Waals surface area (Å²) in [5.41, 5.74) is 0. The van der Waals surface area contributed by atoms with Gasteiger partial charge in [0, 0.05) is 6.20 Å². The number of aliphatic carboxylic acids is 1. The van der Waals surface area contributed by atoms with Gasteiger partial charge in [0.2, 0.25) is 10.0 Å². The predicted molar refractivity (Wildman–Crippen MR) is 53.9 cm³/mol. The number of rotatable bonds is 5. The zero-order valence-electron chi connectivity index (χ0n) is 7.75. The van der Waals surface area contributed by atoms with Crippen molar-refractivity contribution in [3.8, 4) is 0 Å². The number of carboxylic acid groups (broad SMARTS) is 1. The van der Waals surface area contributed by atoms with Crippen LogP contribution in [-0.4, -0.2) is 30.2 Å². The fourth-order valence-electron chi connectivity index (χ4n) is 0.855. The predicted octanol–water partition coefficient (Wildman–Crippen LogP) is 0.298. The molecule has 0 fully saturated rings. The van der Waals surface area contributed by atoms with Crippen molar-refractivity contribution in [2.24, 2.45) is 0 Å². The summed E-state index contributed by atoms with van der Waals surface area (Å²) in [6.45, 7) is 0. The third kappa shape index (κ3) is 4.41. The van der Waals surface area contributed by atoms with Gasteiger partial charge in [-0.2, -0.15) is 0 Å². The lowest BCUT2D eigenvalue weighted by molar-refractivity contribution is -0.136. The number of hydrogen-bond acceptors (Lipinski definition) is 4. The molecule has 0 aliphatic carbocycles. The van der Waals surface area contributed by atoms with Gasteiger partial charge < -0.3 is 5.11 Å². The Bertz CT molecular complexity index is 429. The second kappa shape index (κ2) is 4.74. The quantitative estimate of drug-likeness (QED) is 0.758. The maximum atomic E-state index is 11.3. The van der Waals surface area contributed by atoms with E-state index in [0.717, 1.165) is 0 Å². The van der Waals surface area contributed by atoms with Crippen LogP contribution >= 0.6 is 0 Å². The molecule has 0 aromatic carbocycles. The minimum atomic E-state index is -3.62. The third-order valence-corrected chi connectivity index (χ3v) is 2.77. The largest absolute Gasteiger partial charge is 0.481 e. The summed E-state index contributed by atoms with van der Waals surface area (Å²) >= 11 is 0. The van der Waals surface area contributed by atoms with Gasteiger partial charge in [0.05, 0.1) is 12.2 Å². The number of aromatic nitrogens is 1. The highest BCUT2D eigenvalue weighted by Gasteiger charge is 2.12. The zero-order valence-corrected chi connectivity index (χ0v) is 8.57. The van der Waals surface area contributed by atoms with Gasteiger partial charge in [0.15, 0.2) is 0 Å². The van der Waals surface area contributed by atoms with Crippen LogP contribution in [0.5, 0.6) is 0 Å². The number of carbonyl (C=O) groups is 1. The number of hydrogen-bond donors (Lipinski definition) is 2. The van der Waals surface area contributed by atoms with E-state index in [1.165, 1.54) is 12.3 Å². The Balaban J connectivity index is 2.61. The van der Waals surface area contributed by atoms with Gasteiger partial charge >= 0.3 is 5.97 Å². The van der Waals surface area contributed by atoms with Gasteiger partial charge in [-0.05, 0) is 12.1 Å². The van der Waals surface area contributed by atoms with Crippen molar-refractivity contribution in [1.29, 1.82) is 0 Å².